The van der Waals surface area contributed by atoms with Crippen LogP contribution in [0.5, 0.6) is 0 Å². The van der Waals surface area contributed by atoms with E-state index in [1.165, 1.54) is 0 Å². The Morgan fingerprint density at radius 3 is 2.81 bits per heavy atom. The van der Waals surface area contributed by atoms with Gasteiger partial charge in [0.1, 0.15) is 11.2 Å². The number of nitrogens with zero attached hydrogens (tertiary/aromatic N) is 4. The van der Waals surface area contributed by atoms with Gasteiger partial charge in [0.15, 0.2) is 5.65 Å². The standard InChI is InChI=1S/C23H28N6O3/c1-15-6-4-11-28(15)22(31)19-10-9-18-20(25-19)29(12-5-13-32-2)23(26-18)27-21(30)16-7-3-8-17(24)14-16/h3,7-10,14-15H,4-6,11-13,24H2,1-2H3,(H,26,27,30)/t15-/m1/s1. The van der Waals surface area contributed by atoms with Crippen molar-refractivity contribution in [2.75, 3.05) is 31.3 Å². The number of hydrogen-bond acceptors (Lipinski definition) is 6. The molecular formula is C23H28N6O3. The highest BCUT2D eigenvalue weighted by Crippen LogP contribution is 2.23. The lowest BCUT2D eigenvalue weighted by molar-refractivity contribution is 0.0741. The van der Waals surface area contributed by atoms with Gasteiger partial charge in [-0.1, -0.05) is 6.07 Å². The van der Waals surface area contributed by atoms with E-state index in [-0.39, 0.29) is 17.9 Å². The van der Waals surface area contributed by atoms with Crippen molar-refractivity contribution in [1.82, 2.24) is 19.4 Å². The lowest BCUT2D eigenvalue weighted by atomic mass is 10.2. The molecule has 1 aromatic carbocycles. The average molecular weight is 437 g/mol. The Kier molecular flexibility index (Phi) is 6.36. The fourth-order valence-corrected chi connectivity index (χ4v) is 4.03. The second-order valence-electron chi connectivity index (χ2n) is 8.04. The predicted molar refractivity (Wildman–Crippen MR) is 123 cm³/mol. The zero-order valence-electron chi connectivity index (χ0n) is 18.4. The number of carbonyl (C=O) groups is 2. The second-order valence-corrected chi connectivity index (χ2v) is 8.04. The van der Waals surface area contributed by atoms with Gasteiger partial charge < -0.3 is 15.4 Å². The Morgan fingerprint density at radius 1 is 1.25 bits per heavy atom. The lowest BCUT2D eigenvalue weighted by Crippen LogP contribution is -2.34. The molecule has 3 N–H and O–H groups in total. The maximum atomic E-state index is 13.0. The van der Waals surface area contributed by atoms with Crippen LogP contribution in [0.1, 0.15) is 47.0 Å². The van der Waals surface area contributed by atoms with E-state index in [0.29, 0.717) is 53.6 Å². The molecule has 0 unspecified atom stereocenters. The van der Waals surface area contributed by atoms with Gasteiger partial charge in [0.25, 0.3) is 11.8 Å². The molecule has 0 bridgehead atoms. The summed E-state index contributed by atoms with van der Waals surface area (Å²) >= 11 is 0. The van der Waals surface area contributed by atoms with Crippen molar-refractivity contribution in [3.8, 4) is 0 Å². The molecule has 1 aliphatic heterocycles. The number of nitrogen functional groups attached to an aromatic ring is 1. The first kappa shape index (κ1) is 21.8. The number of aryl methyl sites for hydroxylation is 1. The van der Waals surface area contributed by atoms with Crippen LogP contribution in [0.25, 0.3) is 11.2 Å². The summed E-state index contributed by atoms with van der Waals surface area (Å²) in [4.78, 5) is 36.9. The molecule has 0 aliphatic carbocycles. The van der Waals surface area contributed by atoms with Crippen LogP contribution in [0, 0.1) is 0 Å². The van der Waals surface area contributed by atoms with E-state index in [1.54, 1.807) is 43.5 Å². The largest absolute Gasteiger partial charge is 0.399 e. The number of carbonyl (C=O) groups excluding carboxylic acids is 2. The van der Waals surface area contributed by atoms with Crippen LogP contribution >= 0.6 is 0 Å². The van der Waals surface area contributed by atoms with Crippen LogP contribution in [0.15, 0.2) is 36.4 Å². The van der Waals surface area contributed by atoms with E-state index >= 15 is 0 Å². The van der Waals surface area contributed by atoms with Gasteiger partial charge in [-0.3, -0.25) is 19.5 Å². The fraction of sp³-hybridized carbons (Fsp3) is 0.391. The number of imidazole rings is 1. The van der Waals surface area contributed by atoms with Crippen molar-refractivity contribution in [1.29, 1.82) is 0 Å². The number of nitrogens with two attached hydrogens (primary N) is 1. The summed E-state index contributed by atoms with van der Waals surface area (Å²) in [7, 11) is 1.64. The van der Waals surface area contributed by atoms with Crippen molar-refractivity contribution in [2.45, 2.75) is 38.8 Å². The Balaban J connectivity index is 1.67. The number of nitrogens with one attached hydrogen (secondary N) is 1. The SMILES string of the molecule is COCCCn1c(NC(=O)c2cccc(N)c2)nc2ccc(C(=O)N3CCC[C@H]3C)nc21. The number of anilines is 2. The Morgan fingerprint density at radius 2 is 2.09 bits per heavy atom. The first-order chi connectivity index (χ1) is 15.5. The summed E-state index contributed by atoms with van der Waals surface area (Å²) in [6.07, 6.45) is 2.71. The van der Waals surface area contributed by atoms with Crippen LogP contribution in [0.3, 0.4) is 0 Å². The molecule has 2 amide bonds. The monoisotopic (exact) mass is 436 g/mol. The van der Waals surface area contributed by atoms with Crippen LogP contribution in [-0.2, 0) is 11.3 Å². The van der Waals surface area contributed by atoms with Gasteiger partial charge in [0.05, 0.1) is 0 Å². The summed E-state index contributed by atoms with van der Waals surface area (Å²) in [6, 6.07) is 10.4. The van der Waals surface area contributed by atoms with E-state index in [1.807, 2.05) is 9.47 Å². The average Bonchev–Trinajstić information content (AvgIpc) is 3.36. The molecule has 0 spiro atoms. The van der Waals surface area contributed by atoms with Gasteiger partial charge >= 0.3 is 0 Å². The third kappa shape index (κ3) is 4.43. The number of likely N-dealkylation sites (tertiary alicyclic amines) is 1. The third-order valence-electron chi connectivity index (χ3n) is 5.73. The zero-order chi connectivity index (χ0) is 22.7. The van der Waals surface area contributed by atoms with Crippen LogP contribution < -0.4 is 11.1 Å². The first-order valence-corrected chi connectivity index (χ1v) is 10.8. The van der Waals surface area contributed by atoms with E-state index < -0.39 is 0 Å². The maximum Gasteiger partial charge on any atom is 0.272 e. The van der Waals surface area contributed by atoms with Gasteiger partial charge in [-0.15, -0.1) is 0 Å². The highest BCUT2D eigenvalue weighted by molar-refractivity contribution is 6.04. The molecule has 168 valence electrons. The number of amides is 2. The molecule has 0 saturated carbocycles. The molecule has 9 heteroatoms. The quantitative estimate of drug-likeness (QED) is 0.435. The Bertz CT molecular complexity index is 1140. The zero-order valence-corrected chi connectivity index (χ0v) is 18.4. The molecule has 1 aliphatic rings. The molecule has 2 aromatic heterocycles. The maximum absolute atomic E-state index is 13.0. The molecule has 4 rings (SSSR count). The van der Waals surface area contributed by atoms with E-state index in [2.05, 4.69) is 22.2 Å². The third-order valence-corrected chi connectivity index (χ3v) is 5.73. The number of benzene rings is 1. The topological polar surface area (TPSA) is 115 Å². The van der Waals surface area contributed by atoms with Crippen molar-refractivity contribution in [3.63, 3.8) is 0 Å². The molecular weight excluding hydrogens is 408 g/mol. The molecule has 32 heavy (non-hydrogen) atoms. The summed E-state index contributed by atoms with van der Waals surface area (Å²) in [5, 5.41) is 2.86. The van der Waals surface area contributed by atoms with Gasteiger partial charge in [-0.25, -0.2) is 9.97 Å². The van der Waals surface area contributed by atoms with E-state index in [9.17, 15) is 9.59 Å². The Hall–Kier alpha value is -3.46. The number of aromatic nitrogens is 3. The van der Waals surface area contributed by atoms with Gasteiger partial charge in [-0.05, 0) is 56.5 Å². The van der Waals surface area contributed by atoms with Crippen molar-refractivity contribution >= 4 is 34.6 Å². The predicted octanol–water partition coefficient (Wildman–Crippen LogP) is 2.93. The number of ether oxygens (including phenoxy) is 1. The van der Waals surface area contributed by atoms with Gasteiger partial charge in [-0.2, -0.15) is 0 Å². The van der Waals surface area contributed by atoms with Crippen molar-refractivity contribution in [2.24, 2.45) is 0 Å². The molecule has 0 radical (unpaired) electrons. The molecule has 3 aromatic rings. The molecule has 1 saturated heterocycles. The van der Waals surface area contributed by atoms with Crippen molar-refractivity contribution < 1.29 is 14.3 Å². The lowest BCUT2D eigenvalue weighted by Gasteiger charge is -2.20. The van der Waals surface area contributed by atoms with Crippen molar-refractivity contribution in [3.05, 3.63) is 47.7 Å². The minimum absolute atomic E-state index is 0.0770. The molecule has 1 atom stereocenters. The first-order valence-electron chi connectivity index (χ1n) is 10.8. The minimum Gasteiger partial charge on any atom is -0.399 e. The van der Waals surface area contributed by atoms with Crippen LogP contribution in [-0.4, -0.2) is 57.6 Å². The molecule has 9 nitrogen and oxygen atoms in total. The smallest absolute Gasteiger partial charge is 0.272 e. The number of rotatable bonds is 7. The molecule has 3 heterocycles. The highest BCUT2D eigenvalue weighted by atomic mass is 16.5. The summed E-state index contributed by atoms with van der Waals surface area (Å²) in [6.45, 7) is 3.88. The number of fused-ring (bicyclic) bond motifs is 1. The summed E-state index contributed by atoms with van der Waals surface area (Å²) in [5.41, 5.74) is 8.30. The number of methoxy groups -OCH3 is 1. The highest BCUT2D eigenvalue weighted by Gasteiger charge is 2.27. The van der Waals surface area contributed by atoms with Crippen LogP contribution in [0.4, 0.5) is 11.6 Å². The number of pyridine rings is 1. The van der Waals surface area contributed by atoms with Gasteiger partial charge in [0.2, 0.25) is 5.95 Å². The normalized spacial score (nSPS) is 15.9. The fourth-order valence-electron chi connectivity index (χ4n) is 4.03. The van der Waals surface area contributed by atoms with E-state index in [4.69, 9.17) is 10.5 Å². The minimum atomic E-state index is -0.317. The second kappa shape index (κ2) is 9.35. The Labute approximate surface area is 186 Å². The summed E-state index contributed by atoms with van der Waals surface area (Å²) in [5.74, 6) is -0.0233. The van der Waals surface area contributed by atoms with Crippen LogP contribution in [0.2, 0.25) is 0 Å². The number of hydrogen-bond donors (Lipinski definition) is 2. The summed E-state index contributed by atoms with van der Waals surface area (Å²) < 4.78 is 7.00. The molecule has 1 fully saturated rings. The van der Waals surface area contributed by atoms with Gasteiger partial charge in [0, 0.05) is 44.1 Å². The van der Waals surface area contributed by atoms with E-state index in [0.717, 1.165) is 19.4 Å².